The Labute approximate surface area is 192 Å². The van der Waals surface area contributed by atoms with Gasteiger partial charge in [-0.15, -0.1) is 9.78 Å². The van der Waals surface area contributed by atoms with Gasteiger partial charge < -0.3 is 0 Å². The standard InChI is InChI=1S/C24H32O6Si2/c1-17(2)24(29-27-22(25)18-9-13-20(14-10-18)31(3,4)5)30-28-23(26)19-11-15-21(16-12-19)32(6,7)8/h9-17H,1H2,2-8H3. The van der Waals surface area contributed by atoms with Crippen LogP contribution in [0.25, 0.3) is 0 Å². The highest BCUT2D eigenvalue weighted by molar-refractivity contribution is 6.89. The molecule has 172 valence electrons. The third-order valence-corrected chi connectivity index (χ3v) is 8.91. The van der Waals surface area contributed by atoms with Gasteiger partial charge in [-0.2, -0.15) is 0 Å². The highest BCUT2D eigenvalue weighted by Crippen LogP contribution is 2.19. The van der Waals surface area contributed by atoms with Crippen LogP contribution in [0.5, 0.6) is 0 Å². The van der Waals surface area contributed by atoms with E-state index in [4.69, 9.17) is 19.6 Å². The molecule has 8 heteroatoms. The fourth-order valence-electron chi connectivity index (χ4n) is 2.64. The summed E-state index contributed by atoms with van der Waals surface area (Å²) < 4.78 is 0. The molecular formula is C24H32O6Si2. The number of hydrogen-bond acceptors (Lipinski definition) is 6. The van der Waals surface area contributed by atoms with Crippen molar-refractivity contribution in [2.24, 2.45) is 5.92 Å². The Kier molecular flexibility index (Phi) is 8.58. The Balaban J connectivity index is 1.92. The fourth-order valence-corrected chi connectivity index (χ4v) is 4.98. The van der Waals surface area contributed by atoms with Crippen molar-refractivity contribution in [2.75, 3.05) is 0 Å². The first-order valence-corrected chi connectivity index (χ1v) is 17.5. The predicted octanol–water partition coefficient (Wildman–Crippen LogP) is 4.61. The Morgan fingerprint density at radius 1 is 0.656 bits per heavy atom. The molecule has 0 heterocycles. The maximum atomic E-state index is 12.3. The minimum atomic E-state index is -1.47. The quantitative estimate of drug-likeness (QED) is 0.301. The molecule has 0 N–H and O–H groups in total. The molecule has 32 heavy (non-hydrogen) atoms. The van der Waals surface area contributed by atoms with Crippen molar-refractivity contribution in [3.05, 3.63) is 72.9 Å². The maximum absolute atomic E-state index is 12.3. The molecule has 0 bridgehead atoms. The van der Waals surface area contributed by atoms with Gasteiger partial charge in [0.15, 0.2) is 0 Å². The largest absolute Gasteiger partial charge is 0.373 e. The van der Waals surface area contributed by atoms with Gasteiger partial charge in [0.05, 0.1) is 27.3 Å². The second kappa shape index (κ2) is 10.6. The zero-order valence-electron chi connectivity index (χ0n) is 19.9. The third-order valence-electron chi connectivity index (χ3n) is 4.77. The molecule has 0 spiro atoms. The molecule has 0 aliphatic heterocycles. The minimum Gasteiger partial charge on any atom is -0.289 e. The lowest BCUT2D eigenvalue weighted by atomic mass is 10.2. The van der Waals surface area contributed by atoms with Gasteiger partial charge in [-0.05, 0) is 31.2 Å². The van der Waals surface area contributed by atoms with Crippen LogP contribution in [0.4, 0.5) is 0 Å². The molecule has 2 rings (SSSR count). The molecule has 2 aromatic rings. The monoisotopic (exact) mass is 472 g/mol. The van der Waals surface area contributed by atoms with Crippen LogP contribution in [0.2, 0.25) is 39.3 Å². The van der Waals surface area contributed by atoms with Crippen LogP contribution in [0.1, 0.15) is 27.6 Å². The van der Waals surface area contributed by atoms with Gasteiger partial charge >= 0.3 is 18.2 Å². The Morgan fingerprint density at radius 2 is 0.969 bits per heavy atom. The lowest BCUT2D eigenvalue weighted by Crippen LogP contribution is -2.37. The third kappa shape index (κ3) is 7.41. The number of benzene rings is 2. The zero-order chi connectivity index (χ0) is 24.1. The van der Waals surface area contributed by atoms with Crippen LogP contribution < -0.4 is 10.4 Å². The molecule has 6 nitrogen and oxygen atoms in total. The summed E-state index contributed by atoms with van der Waals surface area (Å²) in [6, 6.07) is 14.4. The molecule has 1 atom stereocenters. The molecule has 0 fully saturated rings. The van der Waals surface area contributed by atoms with E-state index < -0.39 is 34.0 Å². The molecule has 0 aliphatic rings. The van der Waals surface area contributed by atoms with Crippen molar-refractivity contribution in [3.63, 3.8) is 0 Å². The SMILES string of the molecule is [CH2]C(C)[C](OOC(=O)c1ccc([Si](C)(C)C)cc1)OOC(=O)c1ccc([Si](C)(C)C)cc1. The van der Waals surface area contributed by atoms with Crippen LogP contribution in [0, 0.1) is 19.1 Å². The van der Waals surface area contributed by atoms with E-state index in [0.717, 1.165) is 0 Å². The van der Waals surface area contributed by atoms with Gasteiger partial charge in [0.25, 0.3) is 0 Å². The summed E-state index contributed by atoms with van der Waals surface area (Å²) in [4.78, 5) is 44.2. The maximum Gasteiger partial charge on any atom is 0.373 e. The van der Waals surface area contributed by atoms with Gasteiger partial charge in [-0.25, -0.2) is 9.59 Å². The topological polar surface area (TPSA) is 71.1 Å². The first-order chi connectivity index (χ1) is 14.8. The van der Waals surface area contributed by atoms with Gasteiger partial charge in [-0.3, -0.25) is 9.78 Å². The molecule has 0 aliphatic carbocycles. The summed E-state index contributed by atoms with van der Waals surface area (Å²) in [5, 5.41) is 2.45. The van der Waals surface area contributed by atoms with Crippen molar-refractivity contribution in [3.8, 4) is 0 Å². The Hall–Kier alpha value is -2.27. The fraction of sp³-hybridized carbons (Fsp3) is 0.333. The lowest BCUT2D eigenvalue weighted by molar-refractivity contribution is -0.369. The summed E-state index contributed by atoms with van der Waals surface area (Å²) in [5.41, 5.74) is 0.671. The van der Waals surface area contributed by atoms with E-state index >= 15 is 0 Å². The van der Waals surface area contributed by atoms with Crippen molar-refractivity contribution in [2.45, 2.75) is 46.2 Å². The van der Waals surface area contributed by atoms with Crippen LogP contribution in [0.15, 0.2) is 48.5 Å². The van der Waals surface area contributed by atoms with Gasteiger partial charge in [0.1, 0.15) is 0 Å². The number of carbonyl (C=O) groups is 2. The number of carbonyl (C=O) groups excluding carboxylic acids is 2. The molecule has 1 unspecified atom stereocenters. The molecule has 2 radical (unpaired) electrons. The molecule has 0 saturated carbocycles. The summed E-state index contributed by atoms with van der Waals surface area (Å²) in [6.45, 7) is 18.7. The normalized spacial score (nSPS) is 12.2. The van der Waals surface area contributed by atoms with Crippen LogP contribution >= 0.6 is 0 Å². The van der Waals surface area contributed by atoms with E-state index in [0.29, 0.717) is 11.1 Å². The second-order valence-corrected chi connectivity index (χ2v) is 19.9. The highest BCUT2D eigenvalue weighted by Gasteiger charge is 2.26. The number of rotatable bonds is 9. The van der Waals surface area contributed by atoms with Crippen molar-refractivity contribution < 1.29 is 29.1 Å². The summed E-state index contributed by atoms with van der Waals surface area (Å²) in [7, 11) is -2.93. The van der Waals surface area contributed by atoms with Gasteiger partial charge in [0.2, 0.25) is 0 Å². The van der Waals surface area contributed by atoms with Crippen molar-refractivity contribution in [1.82, 2.24) is 0 Å². The average molecular weight is 473 g/mol. The van der Waals surface area contributed by atoms with Gasteiger partial charge in [0, 0.05) is 5.92 Å². The minimum absolute atomic E-state index is 0.246. The van der Waals surface area contributed by atoms with Crippen LogP contribution in [-0.4, -0.2) is 28.1 Å². The van der Waals surface area contributed by atoms with E-state index in [-0.39, 0.29) is 6.29 Å². The molecule has 0 aromatic heterocycles. The first-order valence-electron chi connectivity index (χ1n) is 10.5. The average Bonchev–Trinajstić information content (AvgIpc) is 2.72. The second-order valence-electron chi connectivity index (χ2n) is 9.78. The van der Waals surface area contributed by atoms with Crippen LogP contribution in [0.3, 0.4) is 0 Å². The Bertz CT molecular complexity index is 836. The van der Waals surface area contributed by atoms with Crippen molar-refractivity contribution >= 4 is 38.5 Å². The Morgan fingerprint density at radius 3 is 1.22 bits per heavy atom. The zero-order valence-corrected chi connectivity index (χ0v) is 21.9. The predicted molar refractivity (Wildman–Crippen MR) is 130 cm³/mol. The highest BCUT2D eigenvalue weighted by atomic mass is 28.3. The van der Waals surface area contributed by atoms with E-state index in [1.165, 1.54) is 10.4 Å². The summed E-state index contributed by atoms with van der Waals surface area (Å²) in [5.74, 6) is -1.96. The molecule has 0 saturated heterocycles. The van der Waals surface area contributed by atoms with E-state index in [9.17, 15) is 9.59 Å². The van der Waals surface area contributed by atoms with Crippen molar-refractivity contribution in [1.29, 1.82) is 0 Å². The smallest absolute Gasteiger partial charge is 0.289 e. The van der Waals surface area contributed by atoms with E-state index in [1.54, 1.807) is 31.2 Å². The van der Waals surface area contributed by atoms with Gasteiger partial charge in [-0.1, -0.05) is 80.8 Å². The first kappa shape index (κ1) is 26.0. The number of hydrogen-bond donors (Lipinski definition) is 0. The van der Waals surface area contributed by atoms with Crippen LogP contribution in [-0.2, 0) is 19.6 Å². The van der Waals surface area contributed by atoms with E-state index in [1.807, 2.05) is 24.3 Å². The molecular weight excluding hydrogens is 440 g/mol. The van der Waals surface area contributed by atoms with E-state index in [2.05, 4.69) is 46.2 Å². The summed E-state index contributed by atoms with van der Waals surface area (Å²) in [6.07, 6.45) is -0.246. The summed E-state index contributed by atoms with van der Waals surface area (Å²) >= 11 is 0. The lowest BCUT2D eigenvalue weighted by Gasteiger charge is -2.18. The molecule has 2 aromatic carbocycles. The molecule has 0 amide bonds.